The van der Waals surface area contributed by atoms with Gasteiger partial charge in [0.1, 0.15) is 5.75 Å². The molecule has 0 aliphatic heterocycles. The first kappa shape index (κ1) is 22.2. The quantitative estimate of drug-likeness (QED) is 0.635. The van der Waals surface area contributed by atoms with E-state index in [1.54, 1.807) is 7.11 Å². The number of halogens is 1. The molecule has 0 bridgehead atoms. The van der Waals surface area contributed by atoms with Crippen LogP contribution in [0.25, 0.3) is 0 Å². The van der Waals surface area contributed by atoms with Crippen molar-refractivity contribution < 1.29 is 17.9 Å². The molecule has 0 saturated heterocycles. The number of hydrogen-bond acceptors (Lipinski definition) is 4. The second-order valence-corrected chi connectivity index (χ2v) is 8.61. The zero-order valence-electron chi connectivity index (χ0n) is 16.0. The fourth-order valence-corrected chi connectivity index (χ4v) is 4.26. The molecule has 8 heteroatoms. The van der Waals surface area contributed by atoms with Crippen molar-refractivity contribution in [3.63, 3.8) is 0 Å². The fourth-order valence-electron chi connectivity index (χ4n) is 2.64. The highest BCUT2D eigenvalue weighted by molar-refractivity contribution is 7.89. The Morgan fingerprint density at radius 2 is 1.75 bits per heavy atom. The van der Waals surface area contributed by atoms with Crippen LogP contribution < -0.4 is 10.1 Å². The van der Waals surface area contributed by atoms with E-state index < -0.39 is 10.0 Å². The van der Waals surface area contributed by atoms with Gasteiger partial charge in [-0.05, 0) is 54.8 Å². The lowest BCUT2D eigenvalue weighted by atomic mass is 10.1. The van der Waals surface area contributed by atoms with E-state index in [0.29, 0.717) is 24.4 Å². The number of hydrogen-bond donors (Lipinski definition) is 1. The van der Waals surface area contributed by atoms with Crippen LogP contribution in [0.3, 0.4) is 0 Å². The Morgan fingerprint density at radius 3 is 2.32 bits per heavy atom. The lowest BCUT2D eigenvalue weighted by Gasteiger charge is -2.21. The predicted octanol–water partition coefficient (Wildman–Crippen LogP) is 3.11. The molecule has 6 nitrogen and oxygen atoms in total. The third-order valence-electron chi connectivity index (χ3n) is 4.14. The fraction of sp³-hybridized carbons (Fsp3) is 0.350. The van der Waals surface area contributed by atoms with Gasteiger partial charge in [0.2, 0.25) is 15.9 Å². The first-order chi connectivity index (χ1) is 13.4. The zero-order valence-corrected chi connectivity index (χ0v) is 17.6. The van der Waals surface area contributed by atoms with Gasteiger partial charge in [-0.3, -0.25) is 4.79 Å². The second-order valence-electron chi connectivity index (χ2n) is 6.24. The molecular weight excluding hydrogens is 400 g/mol. The zero-order chi connectivity index (χ0) is 20.6. The average Bonchev–Trinajstić information content (AvgIpc) is 2.68. The molecule has 1 N–H and O–H groups in total. The molecule has 28 heavy (non-hydrogen) atoms. The maximum absolute atomic E-state index is 12.8. The number of carbonyl (C=O) groups is 1. The van der Waals surface area contributed by atoms with E-state index in [2.05, 4.69) is 5.32 Å². The third-order valence-corrected chi connectivity index (χ3v) is 6.25. The summed E-state index contributed by atoms with van der Waals surface area (Å²) >= 11 is 5.83. The number of rotatable bonds is 10. The smallest absolute Gasteiger partial charge is 0.243 e. The van der Waals surface area contributed by atoms with Gasteiger partial charge in [-0.2, -0.15) is 4.31 Å². The Morgan fingerprint density at radius 1 is 1.11 bits per heavy atom. The van der Waals surface area contributed by atoms with Crippen LogP contribution in [0.1, 0.15) is 18.9 Å². The molecule has 0 radical (unpaired) electrons. The summed E-state index contributed by atoms with van der Waals surface area (Å²) in [6.45, 7) is 2.33. The van der Waals surface area contributed by atoms with Gasteiger partial charge in [-0.25, -0.2) is 8.42 Å². The van der Waals surface area contributed by atoms with E-state index in [4.69, 9.17) is 16.3 Å². The van der Waals surface area contributed by atoms with Crippen LogP contribution in [0.5, 0.6) is 5.75 Å². The van der Waals surface area contributed by atoms with E-state index in [-0.39, 0.29) is 23.9 Å². The molecule has 152 valence electrons. The number of ether oxygens (including phenoxy) is 1. The Hall–Kier alpha value is -2.09. The van der Waals surface area contributed by atoms with Crippen molar-refractivity contribution in [3.05, 3.63) is 59.1 Å². The van der Waals surface area contributed by atoms with E-state index in [9.17, 15) is 13.2 Å². The summed E-state index contributed by atoms with van der Waals surface area (Å²) in [5, 5.41) is 3.24. The number of methoxy groups -OCH3 is 1. The molecule has 0 aromatic heterocycles. The molecule has 2 aromatic carbocycles. The van der Waals surface area contributed by atoms with Crippen molar-refractivity contribution in [1.29, 1.82) is 0 Å². The van der Waals surface area contributed by atoms with Crippen molar-refractivity contribution >= 4 is 27.5 Å². The minimum absolute atomic E-state index is 0.122. The number of sulfonamides is 1. The molecule has 0 fully saturated rings. The first-order valence-corrected chi connectivity index (χ1v) is 10.8. The summed E-state index contributed by atoms with van der Waals surface area (Å²) < 4.78 is 31.9. The summed E-state index contributed by atoms with van der Waals surface area (Å²) in [6.07, 6.45) is 1.25. The molecule has 0 spiro atoms. The molecule has 0 unspecified atom stereocenters. The molecule has 2 aromatic rings. The summed E-state index contributed by atoms with van der Waals surface area (Å²) in [5.41, 5.74) is 1.06. The summed E-state index contributed by atoms with van der Waals surface area (Å²) in [5.74, 6) is 0.440. The molecule has 0 atom stereocenters. The average molecular weight is 425 g/mol. The SMILES string of the molecule is CCCN(CC(=O)NCCc1ccc(OC)cc1)S(=O)(=O)c1ccc(Cl)cc1. The number of nitrogens with zero attached hydrogens (tertiary/aromatic N) is 1. The topological polar surface area (TPSA) is 75.7 Å². The lowest BCUT2D eigenvalue weighted by molar-refractivity contribution is -0.121. The van der Waals surface area contributed by atoms with Gasteiger partial charge in [-0.15, -0.1) is 0 Å². The summed E-state index contributed by atoms with van der Waals surface area (Å²) in [6, 6.07) is 13.5. The predicted molar refractivity (Wildman–Crippen MR) is 110 cm³/mol. The van der Waals surface area contributed by atoms with E-state index in [1.807, 2.05) is 31.2 Å². The van der Waals surface area contributed by atoms with Gasteiger partial charge >= 0.3 is 0 Å². The maximum Gasteiger partial charge on any atom is 0.243 e. The molecule has 0 saturated carbocycles. The minimum Gasteiger partial charge on any atom is -0.497 e. The van der Waals surface area contributed by atoms with Gasteiger partial charge in [-0.1, -0.05) is 30.7 Å². The monoisotopic (exact) mass is 424 g/mol. The van der Waals surface area contributed by atoms with Gasteiger partial charge in [0.15, 0.2) is 0 Å². The molecule has 2 rings (SSSR count). The highest BCUT2D eigenvalue weighted by atomic mass is 35.5. The maximum atomic E-state index is 12.8. The van der Waals surface area contributed by atoms with Gasteiger partial charge in [0, 0.05) is 18.1 Å². The largest absolute Gasteiger partial charge is 0.497 e. The third kappa shape index (κ3) is 6.22. The molecule has 0 heterocycles. The highest BCUT2D eigenvalue weighted by Gasteiger charge is 2.25. The van der Waals surface area contributed by atoms with Crippen molar-refractivity contribution in [2.75, 3.05) is 26.7 Å². The van der Waals surface area contributed by atoms with Gasteiger partial charge in [0.25, 0.3) is 0 Å². The molecule has 0 aliphatic carbocycles. The Balaban J connectivity index is 1.94. The number of benzene rings is 2. The van der Waals surface area contributed by atoms with Crippen LogP contribution in [0.2, 0.25) is 5.02 Å². The van der Waals surface area contributed by atoms with Crippen molar-refractivity contribution in [3.8, 4) is 5.75 Å². The number of amides is 1. The van der Waals surface area contributed by atoms with Crippen LogP contribution in [0.4, 0.5) is 0 Å². The molecule has 0 aliphatic rings. The number of nitrogens with one attached hydrogen (secondary N) is 1. The second kappa shape index (κ2) is 10.5. The van der Waals surface area contributed by atoms with Crippen LogP contribution in [-0.2, 0) is 21.2 Å². The van der Waals surface area contributed by atoms with Crippen molar-refractivity contribution in [2.24, 2.45) is 0 Å². The van der Waals surface area contributed by atoms with E-state index in [0.717, 1.165) is 11.3 Å². The Labute approximate surface area is 171 Å². The van der Waals surface area contributed by atoms with Crippen molar-refractivity contribution in [2.45, 2.75) is 24.7 Å². The normalized spacial score (nSPS) is 11.4. The standard InChI is InChI=1S/C20H25ClN2O4S/c1-3-14-23(28(25,26)19-10-6-17(21)7-11-19)15-20(24)22-13-12-16-4-8-18(27-2)9-5-16/h4-11H,3,12-15H2,1-2H3,(H,22,24). The van der Waals surface area contributed by atoms with Crippen LogP contribution in [0, 0.1) is 0 Å². The van der Waals surface area contributed by atoms with E-state index in [1.165, 1.54) is 28.6 Å². The minimum atomic E-state index is -3.76. The Kier molecular flexibility index (Phi) is 8.29. The van der Waals surface area contributed by atoms with Crippen LogP contribution in [-0.4, -0.2) is 45.4 Å². The highest BCUT2D eigenvalue weighted by Crippen LogP contribution is 2.18. The van der Waals surface area contributed by atoms with Crippen LogP contribution >= 0.6 is 11.6 Å². The van der Waals surface area contributed by atoms with E-state index >= 15 is 0 Å². The Bertz CT molecular complexity index is 868. The van der Waals surface area contributed by atoms with Crippen molar-refractivity contribution in [1.82, 2.24) is 9.62 Å². The van der Waals surface area contributed by atoms with Crippen LogP contribution in [0.15, 0.2) is 53.4 Å². The first-order valence-electron chi connectivity index (χ1n) is 9.02. The number of carbonyl (C=O) groups excluding carboxylic acids is 1. The molecule has 1 amide bonds. The summed E-state index contributed by atoms with van der Waals surface area (Å²) in [4.78, 5) is 12.4. The van der Waals surface area contributed by atoms with Gasteiger partial charge in [0.05, 0.1) is 18.6 Å². The lowest BCUT2D eigenvalue weighted by Crippen LogP contribution is -2.41. The molecular formula is C20H25ClN2O4S. The summed E-state index contributed by atoms with van der Waals surface area (Å²) in [7, 11) is -2.15. The van der Waals surface area contributed by atoms with Gasteiger partial charge < -0.3 is 10.1 Å².